The molecule has 0 aliphatic rings. The minimum Gasteiger partial charge on any atom is -0.294 e. The second-order valence-electron chi connectivity index (χ2n) is 3.64. The Balaban J connectivity index is 2.24. The summed E-state index contributed by atoms with van der Waals surface area (Å²) in [4.78, 5) is 12.1. The van der Waals surface area contributed by atoms with E-state index in [0.717, 1.165) is 21.2 Å². The number of benzene rings is 1. The molecule has 2 rings (SSSR count). The molecule has 0 aliphatic carbocycles. The number of ketones is 1. The molecule has 0 spiro atoms. The smallest absolute Gasteiger partial charge is 0.167 e. The lowest BCUT2D eigenvalue weighted by molar-refractivity contribution is 0.0992. The monoisotopic (exact) mass is 294 g/mol. The van der Waals surface area contributed by atoms with Crippen molar-refractivity contribution in [2.24, 2.45) is 0 Å². The van der Waals surface area contributed by atoms with Crippen molar-refractivity contribution in [3.63, 3.8) is 0 Å². The molecule has 82 valence electrons. The molecule has 0 unspecified atom stereocenters. The third-order valence-corrected chi connectivity index (χ3v) is 4.10. The van der Waals surface area contributed by atoms with Gasteiger partial charge in [0.15, 0.2) is 5.78 Å². The highest BCUT2D eigenvalue weighted by Crippen LogP contribution is 2.21. The zero-order valence-corrected chi connectivity index (χ0v) is 11.3. The molecule has 0 saturated heterocycles. The predicted molar refractivity (Wildman–Crippen MR) is 71.2 cm³/mol. The summed E-state index contributed by atoms with van der Waals surface area (Å²) in [5, 5.41) is 4.02. The number of carbonyl (C=O) groups is 1. The fraction of sp³-hybridized carbons (Fsp3) is 0.154. The van der Waals surface area contributed by atoms with E-state index in [2.05, 4.69) is 15.9 Å². The maximum atomic E-state index is 12.1. The first-order chi connectivity index (χ1) is 7.68. The summed E-state index contributed by atoms with van der Waals surface area (Å²) >= 11 is 5.06. The number of hydrogen-bond donors (Lipinski definition) is 0. The lowest BCUT2D eigenvalue weighted by Crippen LogP contribution is -2.05. The van der Waals surface area contributed by atoms with Crippen LogP contribution in [0, 0.1) is 6.92 Å². The number of halogens is 1. The van der Waals surface area contributed by atoms with E-state index >= 15 is 0 Å². The second-order valence-corrected chi connectivity index (χ2v) is 5.28. The lowest BCUT2D eigenvalue weighted by Gasteiger charge is -2.05. The number of Topliss-reactive ketones (excluding diaryl/α,β-unsaturated/α-hetero) is 1. The molecule has 0 fully saturated rings. The molecular formula is C13H11BrOS. The van der Waals surface area contributed by atoms with Crippen molar-refractivity contribution in [3.05, 3.63) is 56.2 Å². The van der Waals surface area contributed by atoms with Crippen molar-refractivity contribution in [1.82, 2.24) is 0 Å². The average molecular weight is 295 g/mol. The standard InChI is InChI=1S/C13H11BrOS/c1-9-11(3-2-4-12(9)14)13(15)7-10-5-6-16-8-10/h2-6,8H,7H2,1H3. The van der Waals surface area contributed by atoms with Gasteiger partial charge in [-0.25, -0.2) is 0 Å². The molecule has 2 aromatic rings. The Hall–Kier alpha value is -0.930. The van der Waals surface area contributed by atoms with Gasteiger partial charge in [-0.2, -0.15) is 11.3 Å². The van der Waals surface area contributed by atoms with Gasteiger partial charge >= 0.3 is 0 Å². The van der Waals surface area contributed by atoms with Gasteiger partial charge in [-0.05, 0) is 40.9 Å². The predicted octanol–water partition coefficient (Wildman–Crippen LogP) is 4.24. The number of hydrogen-bond acceptors (Lipinski definition) is 2. The molecule has 1 aromatic heterocycles. The van der Waals surface area contributed by atoms with Gasteiger partial charge in [0, 0.05) is 16.5 Å². The molecule has 0 aliphatic heterocycles. The largest absolute Gasteiger partial charge is 0.294 e. The summed E-state index contributed by atoms with van der Waals surface area (Å²) in [7, 11) is 0. The van der Waals surface area contributed by atoms with Gasteiger partial charge in [0.1, 0.15) is 0 Å². The molecule has 0 saturated carbocycles. The average Bonchev–Trinajstić information content (AvgIpc) is 2.74. The van der Waals surface area contributed by atoms with Gasteiger partial charge in [0.25, 0.3) is 0 Å². The molecule has 0 radical (unpaired) electrons. The van der Waals surface area contributed by atoms with Crippen molar-refractivity contribution >= 4 is 33.0 Å². The number of rotatable bonds is 3. The molecule has 0 N–H and O–H groups in total. The summed E-state index contributed by atoms with van der Waals surface area (Å²) < 4.78 is 0.990. The third kappa shape index (κ3) is 2.42. The first-order valence-electron chi connectivity index (χ1n) is 4.98. The quantitative estimate of drug-likeness (QED) is 0.774. The van der Waals surface area contributed by atoms with Gasteiger partial charge in [-0.15, -0.1) is 0 Å². The zero-order chi connectivity index (χ0) is 11.5. The fourth-order valence-corrected chi connectivity index (χ4v) is 2.62. The Bertz CT molecular complexity index is 503. The Labute approximate surface area is 107 Å². The van der Waals surface area contributed by atoms with E-state index in [1.807, 2.05) is 41.9 Å². The molecule has 0 bridgehead atoms. The van der Waals surface area contributed by atoms with Gasteiger partial charge in [-0.3, -0.25) is 4.79 Å². The van der Waals surface area contributed by atoms with Crippen LogP contribution in [0.3, 0.4) is 0 Å². The summed E-state index contributed by atoms with van der Waals surface area (Å²) in [5.41, 5.74) is 2.91. The van der Waals surface area contributed by atoms with E-state index in [0.29, 0.717) is 6.42 Å². The van der Waals surface area contributed by atoms with Crippen LogP contribution in [0.1, 0.15) is 21.5 Å². The van der Waals surface area contributed by atoms with Crippen molar-refractivity contribution in [3.8, 4) is 0 Å². The minimum absolute atomic E-state index is 0.178. The summed E-state index contributed by atoms with van der Waals surface area (Å²) in [6.07, 6.45) is 0.487. The Kier molecular flexibility index (Phi) is 3.56. The van der Waals surface area contributed by atoms with Crippen LogP contribution >= 0.6 is 27.3 Å². The van der Waals surface area contributed by atoms with E-state index < -0.39 is 0 Å². The molecular weight excluding hydrogens is 284 g/mol. The molecule has 3 heteroatoms. The van der Waals surface area contributed by atoms with Crippen molar-refractivity contribution < 1.29 is 4.79 Å². The van der Waals surface area contributed by atoms with E-state index in [1.165, 1.54) is 0 Å². The maximum absolute atomic E-state index is 12.1. The first-order valence-corrected chi connectivity index (χ1v) is 6.71. The van der Waals surface area contributed by atoms with E-state index in [-0.39, 0.29) is 5.78 Å². The van der Waals surface area contributed by atoms with Crippen molar-refractivity contribution in [2.75, 3.05) is 0 Å². The highest BCUT2D eigenvalue weighted by molar-refractivity contribution is 9.10. The lowest BCUT2D eigenvalue weighted by atomic mass is 10.0. The van der Waals surface area contributed by atoms with Crippen LogP contribution in [0.4, 0.5) is 0 Å². The van der Waals surface area contributed by atoms with Crippen molar-refractivity contribution in [1.29, 1.82) is 0 Å². The minimum atomic E-state index is 0.178. The van der Waals surface area contributed by atoms with Gasteiger partial charge in [0.05, 0.1) is 0 Å². The highest BCUT2D eigenvalue weighted by atomic mass is 79.9. The SMILES string of the molecule is Cc1c(Br)cccc1C(=O)Cc1ccsc1. The molecule has 0 amide bonds. The van der Waals surface area contributed by atoms with Crippen molar-refractivity contribution in [2.45, 2.75) is 13.3 Å². The Morgan fingerprint density at radius 1 is 1.38 bits per heavy atom. The van der Waals surface area contributed by atoms with Crippen LogP contribution in [-0.2, 0) is 6.42 Å². The third-order valence-electron chi connectivity index (χ3n) is 2.51. The molecule has 1 aromatic carbocycles. The van der Waals surface area contributed by atoms with Gasteiger partial charge in [-0.1, -0.05) is 28.1 Å². The van der Waals surface area contributed by atoms with E-state index in [4.69, 9.17) is 0 Å². The van der Waals surface area contributed by atoms with E-state index in [1.54, 1.807) is 11.3 Å². The molecule has 1 nitrogen and oxygen atoms in total. The fourth-order valence-electron chi connectivity index (χ4n) is 1.58. The molecule has 1 heterocycles. The van der Waals surface area contributed by atoms with Crippen LogP contribution in [0.5, 0.6) is 0 Å². The van der Waals surface area contributed by atoms with Gasteiger partial charge in [0.2, 0.25) is 0 Å². The Morgan fingerprint density at radius 3 is 2.88 bits per heavy atom. The topological polar surface area (TPSA) is 17.1 Å². The Morgan fingerprint density at radius 2 is 2.19 bits per heavy atom. The van der Waals surface area contributed by atoms with Crippen LogP contribution < -0.4 is 0 Å². The summed E-state index contributed by atoms with van der Waals surface area (Å²) in [6.45, 7) is 1.96. The van der Waals surface area contributed by atoms with Gasteiger partial charge < -0.3 is 0 Å². The number of carbonyl (C=O) groups excluding carboxylic acids is 1. The van der Waals surface area contributed by atoms with Crippen LogP contribution in [-0.4, -0.2) is 5.78 Å². The molecule has 16 heavy (non-hydrogen) atoms. The summed E-state index contributed by atoms with van der Waals surface area (Å²) in [6, 6.07) is 7.74. The normalized spacial score (nSPS) is 10.4. The number of thiophene rings is 1. The maximum Gasteiger partial charge on any atom is 0.167 e. The first kappa shape index (κ1) is 11.6. The zero-order valence-electron chi connectivity index (χ0n) is 8.87. The van der Waals surface area contributed by atoms with Crippen LogP contribution in [0.25, 0.3) is 0 Å². The van der Waals surface area contributed by atoms with Crippen LogP contribution in [0.15, 0.2) is 39.5 Å². The van der Waals surface area contributed by atoms with E-state index in [9.17, 15) is 4.79 Å². The highest BCUT2D eigenvalue weighted by Gasteiger charge is 2.11. The second kappa shape index (κ2) is 4.93. The molecule has 0 atom stereocenters. The van der Waals surface area contributed by atoms with Crippen LogP contribution in [0.2, 0.25) is 0 Å². The summed E-state index contributed by atoms with van der Waals surface area (Å²) in [5.74, 6) is 0.178.